The van der Waals surface area contributed by atoms with Gasteiger partial charge in [-0.3, -0.25) is 9.69 Å². The highest BCUT2D eigenvalue weighted by molar-refractivity contribution is 7.10. The van der Waals surface area contributed by atoms with E-state index in [1.807, 2.05) is 0 Å². The summed E-state index contributed by atoms with van der Waals surface area (Å²) in [5, 5.41) is 5.10. The molecular weight excluding hydrogens is 310 g/mol. The Labute approximate surface area is 140 Å². The SMILES string of the molecule is O=C1NC2(CCCCC2)C(=O)N1CN1CCCC1c1cccs1. The van der Waals surface area contributed by atoms with Crippen molar-refractivity contribution in [2.75, 3.05) is 13.2 Å². The number of nitrogens with one attached hydrogen (secondary N) is 1. The quantitative estimate of drug-likeness (QED) is 0.865. The lowest BCUT2D eigenvalue weighted by Gasteiger charge is -2.31. The van der Waals surface area contributed by atoms with Crippen molar-refractivity contribution in [3.63, 3.8) is 0 Å². The number of urea groups is 1. The van der Waals surface area contributed by atoms with Crippen LogP contribution < -0.4 is 5.32 Å². The predicted octanol–water partition coefficient (Wildman–Crippen LogP) is 3.10. The van der Waals surface area contributed by atoms with Crippen LogP contribution in [-0.4, -0.2) is 40.5 Å². The lowest BCUT2D eigenvalue weighted by molar-refractivity contribution is -0.134. The molecule has 5 nitrogen and oxygen atoms in total. The zero-order valence-electron chi connectivity index (χ0n) is 13.3. The molecule has 1 aromatic rings. The number of imide groups is 1. The highest BCUT2D eigenvalue weighted by atomic mass is 32.1. The zero-order valence-corrected chi connectivity index (χ0v) is 14.1. The van der Waals surface area contributed by atoms with E-state index in [4.69, 9.17) is 0 Å². The van der Waals surface area contributed by atoms with Gasteiger partial charge in [0.2, 0.25) is 0 Å². The molecule has 1 aromatic heterocycles. The molecule has 4 rings (SSSR count). The molecule has 3 fully saturated rings. The van der Waals surface area contributed by atoms with E-state index in [2.05, 4.69) is 27.7 Å². The fraction of sp³-hybridized carbons (Fsp3) is 0.647. The zero-order chi connectivity index (χ0) is 15.9. The van der Waals surface area contributed by atoms with Crippen LogP contribution in [0.25, 0.3) is 0 Å². The first-order valence-electron chi connectivity index (χ1n) is 8.61. The predicted molar refractivity (Wildman–Crippen MR) is 89.1 cm³/mol. The largest absolute Gasteiger partial charge is 0.326 e. The first-order chi connectivity index (χ1) is 11.2. The molecule has 1 atom stereocenters. The molecule has 3 heterocycles. The van der Waals surface area contributed by atoms with Crippen LogP contribution in [0.5, 0.6) is 0 Å². The minimum Gasteiger partial charge on any atom is -0.323 e. The molecule has 1 N–H and O–H groups in total. The second kappa shape index (κ2) is 5.91. The summed E-state index contributed by atoms with van der Waals surface area (Å²) in [7, 11) is 0. The number of hydrogen-bond acceptors (Lipinski definition) is 4. The second-order valence-electron chi connectivity index (χ2n) is 6.93. The Bertz CT molecular complexity index is 595. The van der Waals surface area contributed by atoms with Gasteiger partial charge in [0.1, 0.15) is 5.54 Å². The van der Waals surface area contributed by atoms with Gasteiger partial charge in [0.25, 0.3) is 5.91 Å². The molecule has 0 aromatic carbocycles. The first kappa shape index (κ1) is 15.1. The Hall–Kier alpha value is -1.40. The van der Waals surface area contributed by atoms with Gasteiger partial charge in [-0.15, -0.1) is 11.3 Å². The van der Waals surface area contributed by atoms with Crippen LogP contribution in [0.3, 0.4) is 0 Å². The molecule has 2 saturated heterocycles. The van der Waals surface area contributed by atoms with Crippen LogP contribution in [0, 0.1) is 0 Å². The summed E-state index contributed by atoms with van der Waals surface area (Å²) in [6, 6.07) is 4.37. The van der Waals surface area contributed by atoms with Crippen molar-refractivity contribution in [3.05, 3.63) is 22.4 Å². The molecule has 124 valence electrons. The number of hydrogen-bond donors (Lipinski definition) is 1. The summed E-state index contributed by atoms with van der Waals surface area (Å²) in [4.78, 5) is 30.4. The van der Waals surface area contributed by atoms with Crippen LogP contribution in [0.15, 0.2) is 17.5 Å². The Morgan fingerprint density at radius 3 is 2.78 bits per heavy atom. The highest BCUT2D eigenvalue weighted by Crippen LogP contribution is 2.37. The third-order valence-corrected chi connectivity index (χ3v) is 6.48. The van der Waals surface area contributed by atoms with Gasteiger partial charge in [0.15, 0.2) is 0 Å². The molecule has 1 spiro atoms. The number of nitrogens with zero attached hydrogens (tertiary/aromatic N) is 2. The fourth-order valence-corrected chi connectivity index (χ4v) is 5.17. The van der Waals surface area contributed by atoms with E-state index < -0.39 is 5.54 Å². The van der Waals surface area contributed by atoms with Crippen molar-refractivity contribution >= 4 is 23.3 Å². The molecule has 3 amide bonds. The fourth-order valence-electron chi connectivity index (χ4n) is 4.28. The Morgan fingerprint density at radius 2 is 2.04 bits per heavy atom. The Balaban J connectivity index is 1.50. The summed E-state index contributed by atoms with van der Waals surface area (Å²) in [6.45, 7) is 1.38. The van der Waals surface area contributed by atoms with E-state index in [-0.39, 0.29) is 11.9 Å². The average Bonchev–Trinajstić information content (AvgIpc) is 3.26. The molecule has 2 aliphatic heterocycles. The van der Waals surface area contributed by atoms with Gasteiger partial charge in [-0.25, -0.2) is 9.69 Å². The maximum Gasteiger partial charge on any atom is 0.326 e. The van der Waals surface area contributed by atoms with E-state index in [0.29, 0.717) is 12.7 Å². The molecule has 3 aliphatic rings. The van der Waals surface area contributed by atoms with Crippen molar-refractivity contribution < 1.29 is 9.59 Å². The van der Waals surface area contributed by atoms with E-state index in [1.54, 1.807) is 11.3 Å². The summed E-state index contributed by atoms with van der Waals surface area (Å²) >= 11 is 1.76. The van der Waals surface area contributed by atoms with E-state index in [0.717, 1.165) is 51.5 Å². The summed E-state index contributed by atoms with van der Waals surface area (Å²) in [5.41, 5.74) is -0.604. The normalized spacial score (nSPS) is 27.8. The van der Waals surface area contributed by atoms with Gasteiger partial charge >= 0.3 is 6.03 Å². The van der Waals surface area contributed by atoms with Crippen LogP contribution in [0.2, 0.25) is 0 Å². The Kier molecular flexibility index (Phi) is 3.89. The van der Waals surface area contributed by atoms with Gasteiger partial charge in [-0.1, -0.05) is 25.3 Å². The number of carbonyl (C=O) groups is 2. The lowest BCUT2D eigenvalue weighted by atomic mass is 9.82. The van der Waals surface area contributed by atoms with Crippen molar-refractivity contribution in [2.45, 2.75) is 56.5 Å². The van der Waals surface area contributed by atoms with Gasteiger partial charge in [0.05, 0.1) is 6.67 Å². The first-order valence-corrected chi connectivity index (χ1v) is 9.49. The van der Waals surface area contributed by atoms with Crippen LogP contribution >= 0.6 is 11.3 Å². The third-order valence-electron chi connectivity index (χ3n) is 5.51. The monoisotopic (exact) mass is 333 g/mol. The number of carbonyl (C=O) groups excluding carboxylic acids is 2. The van der Waals surface area contributed by atoms with Crippen LogP contribution in [-0.2, 0) is 4.79 Å². The summed E-state index contributed by atoms with van der Waals surface area (Å²) in [6.07, 6.45) is 7.04. The smallest absolute Gasteiger partial charge is 0.323 e. The summed E-state index contributed by atoms with van der Waals surface area (Å²) in [5.74, 6) is -0.000899. The van der Waals surface area contributed by atoms with Crippen LogP contribution in [0.1, 0.15) is 55.9 Å². The molecule has 1 saturated carbocycles. The van der Waals surface area contributed by atoms with Crippen molar-refractivity contribution in [2.24, 2.45) is 0 Å². The Morgan fingerprint density at radius 1 is 1.22 bits per heavy atom. The minimum absolute atomic E-state index is 0.000899. The topological polar surface area (TPSA) is 52.7 Å². The molecule has 0 radical (unpaired) electrons. The minimum atomic E-state index is -0.604. The van der Waals surface area contributed by atoms with Gasteiger partial charge < -0.3 is 5.32 Å². The molecule has 1 unspecified atom stereocenters. The lowest BCUT2D eigenvalue weighted by Crippen LogP contribution is -2.49. The number of amides is 3. The highest BCUT2D eigenvalue weighted by Gasteiger charge is 2.51. The van der Waals surface area contributed by atoms with Crippen LogP contribution in [0.4, 0.5) is 4.79 Å². The molecular formula is C17H23N3O2S. The number of rotatable bonds is 3. The van der Waals surface area contributed by atoms with Gasteiger partial charge in [-0.2, -0.15) is 0 Å². The van der Waals surface area contributed by atoms with Crippen molar-refractivity contribution in [1.82, 2.24) is 15.1 Å². The summed E-state index contributed by atoms with van der Waals surface area (Å²) < 4.78 is 0. The maximum atomic E-state index is 12.9. The van der Waals surface area contributed by atoms with E-state index in [1.165, 1.54) is 9.78 Å². The average molecular weight is 333 g/mol. The molecule has 6 heteroatoms. The molecule has 1 aliphatic carbocycles. The third kappa shape index (κ3) is 2.58. The second-order valence-corrected chi connectivity index (χ2v) is 7.91. The number of thiophene rings is 1. The standard InChI is InChI=1S/C17H23N3O2S/c21-15-17(8-2-1-3-9-17)18-16(22)20(15)12-19-10-4-6-13(19)14-7-5-11-23-14/h5,7,11,13H,1-4,6,8-10,12H2,(H,18,22). The maximum absolute atomic E-state index is 12.9. The van der Waals surface area contributed by atoms with Crippen molar-refractivity contribution in [1.29, 1.82) is 0 Å². The molecule has 23 heavy (non-hydrogen) atoms. The van der Waals surface area contributed by atoms with E-state index in [9.17, 15) is 9.59 Å². The molecule has 0 bridgehead atoms. The van der Waals surface area contributed by atoms with Gasteiger partial charge in [-0.05, 0) is 37.1 Å². The van der Waals surface area contributed by atoms with Crippen molar-refractivity contribution in [3.8, 4) is 0 Å². The van der Waals surface area contributed by atoms with Gasteiger partial charge in [0, 0.05) is 17.5 Å². The van der Waals surface area contributed by atoms with E-state index >= 15 is 0 Å². The number of likely N-dealkylation sites (tertiary alicyclic amines) is 1.